The first-order chi connectivity index (χ1) is 16.1. The molecule has 2 N–H and O–H groups in total. The third kappa shape index (κ3) is 4.86. The normalized spacial score (nSPS) is 19.5. The number of aliphatic hydroxyl groups is 1. The van der Waals surface area contributed by atoms with Gasteiger partial charge < -0.3 is 20.1 Å². The number of nitrogens with zero attached hydrogens (tertiary/aromatic N) is 2. The van der Waals surface area contributed by atoms with Crippen LogP contribution < -0.4 is 10.1 Å². The molecule has 6 heteroatoms. The van der Waals surface area contributed by atoms with Crippen molar-refractivity contribution in [3.8, 4) is 17.0 Å². The molecular weight excluding hydrogens is 414 g/mol. The summed E-state index contributed by atoms with van der Waals surface area (Å²) in [5.41, 5.74) is 3.64. The number of pyridine rings is 1. The molecule has 6 nitrogen and oxygen atoms in total. The molecule has 0 bridgehead atoms. The van der Waals surface area contributed by atoms with Gasteiger partial charge in [0.2, 0.25) is 5.88 Å². The molecule has 1 saturated heterocycles. The maximum Gasteiger partial charge on any atom is 0.318 e. The van der Waals surface area contributed by atoms with Crippen molar-refractivity contribution in [3.63, 3.8) is 0 Å². The summed E-state index contributed by atoms with van der Waals surface area (Å²) in [6, 6.07) is 21.9. The van der Waals surface area contributed by atoms with Crippen molar-refractivity contribution in [2.45, 2.75) is 37.8 Å². The summed E-state index contributed by atoms with van der Waals surface area (Å²) in [6.07, 6.45) is 3.93. The monoisotopic (exact) mass is 445 g/mol. The zero-order valence-corrected chi connectivity index (χ0v) is 19.2. The zero-order chi connectivity index (χ0) is 23.3. The van der Waals surface area contributed by atoms with Crippen molar-refractivity contribution in [2.24, 2.45) is 0 Å². The van der Waals surface area contributed by atoms with Gasteiger partial charge in [-0.2, -0.15) is 0 Å². The lowest BCUT2D eigenvalue weighted by atomic mass is 9.83. The van der Waals surface area contributed by atoms with Crippen molar-refractivity contribution < 1.29 is 14.6 Å². The second-order valence-corrected chi connectivity index (χ2v) is 8.54. The Hall–Kier alpha value is -3.38. The molecule has 4 rings (SSSR count). The van der Waals surface area contributed by atoms with Crippen LogP contribution in [0.2, 0.25) is 0 Å². The summed E-state index contributed by atoms with van der Waals surface area (Å²) in [7, 11) is 1.60. The molecule has 33 heavy (non-hydrogen) atoms. The molecular formula is C27H31N3O3. The van der Waals surface area contributed by atoms with Gasteiger partial charge in [0.1, 0.15) is 0 Å². The Bertz CT molecular complexity index is 1050. The molecule has 2 aromatic carbocycles. The van der Waals surface area contributed by atoms with Gasteiger partial charge in [0.05, 0.1) is 18.7 Å². The Morgan fingerprint density at radius 1 is 1.09 bits per heavy atom. The van der Waals surface area contributed by atoms with Gasteiger partial charge in [-0.05, 0) is 48.9 Å². The number of aromatic nitrogens is 1. The average Bonchev–Trinajstić information content (AvgIpc) is 3.03. The van der Waals surface area contributed by atoms with E-state index >= 15 is 0 Å². The minimum absolute atomic E-state index is 0.0202. The van der Waals surface area contributed by atoms with Crippen LogP contribution in [0.5, 0.6) is 5.88 Å². The largest absolute Gasteiger partial charge is 0.481 e. The molecule has 2 heterocycles. The number of benzene rings is 2. The molecule has 0 aliphatic carbocycles. The van der Waals surface area contributed by atoms with E-state index in [-0.39, 0.29) is 18.7 Å². The second kappa shape index (κ2) is 10.0. The van der Waals surface area contributed by atoms with Crippen LogP contribution >= 0.6 is 0 Å². The van der Waals surface area contributed by atoms with Crippen LogP contribution in [0.15, 0.2) is 72.9 Å². The van der Waals surface area contributed by atoms with Crippen molar-refractivity contribution in [1.29, 1.82) is 0 Å². The first kappa shape index (κ1) is 22.8. The number of aliphatic hydroxyl groups excluding tert-OH is 1. The van der Waals surface area contributed by atoms with Gasteiger partial charge in [-0.15, -0.1) is 0 Å². The summed E-state index contributed by atoms with van der Waals surface area (Å²) in [5, 5.41) is 13.0. The average molecular weight is 446 g/mol. The number of carbonyl (C=O) groups is 1. The summed E-state index contributed by atoms with van der Waals surface area (Å²) in [4.78, 5) is 19.5. The molecule has 1 aliphatic rings. The highest BCUT2D eigenvalue weighted by atomic mass is 16.5. The number of carbonyl (C=O) groups excluding carboxylic acids is 1. The SMILES string of the molecule is COc1ccc(-c2ccc([C@H](C)N3CCC[C@](CCO)(c4ccccc4)NC3=O)cc2)cn1. The van der Waals surface area contributed by atoms with E-state index in [0.717, 1.165) is 35.1 Å². The van der Waals surface area contributed by atoms with Gasteiger partial charge in [0, 0.05) is 31.0 Å². The van der Waals surface area contributed by atoms with Crippen molar-refractivity contribution >= 4 is 6.03 Å². The smallest absolute Gasteiger partial charge is 0.318 e. The number of amides is 2. The number of urea groups is 1. The Balaban J connectivity index is 1.52. The minimum atomic E-state index is -0.549. The molecule has 0 unspecified atom stereocenters. The second-order valence-electron chi connectivity index (χ2n) is 8.54. The van der Waals surface area contributed by atoms with Crippen LogP contribution in [0.4, 0.5) is 4.79 Å². The predicted molar refractivity (Wildman–Crippen MR) is 129 cm³/mol. The van der Waals surface area contributed by atoms with Gasteiger partial charge in [-0.25, -0.2) is 9.78 Å². The van der Waals surface area contributed by atoms with Crippen molar-refractivity contribution in [2.75, 3.05) is 20.3 Å². The molecule has 2 atom stereocenters. The number of ether oxygens (including phenoxy) is 1. The Kier molecular flexibility index (Phi) is 6.94. The third-order valence-electron chi connectivity index (χ3n) is 6.61. The fourth-order valence-corrected chi connectivity index (χ4v) is 4.66. The van der Waals surface area contributed by atoms with Crippen LogP contribution in [-0.4, -0.2) is 41.3 Å². The van der Waals surface area contributed by atoms with E-state index in [0.29, 0.717) is 18.8 Å². The predicted octanol–water partition coefficient (Wildman–Crippen LogP) is 4.90. The maximum absolute atomic E-state index is 13.4. The highest BCUT2D eigenvalue weighted by Crippen LogP contribution is 2.34. The molecule has 3 aromatic rings. The number of hydrogen-bond donors (Lipinski definition) is 2. The van der Waals surface area contributed by atoms with Crippen LogP contribution in [-0.2, 0) is 5.54 Å². The molecule has 1 fully saturated rings. The van der Waals surface area contributed by atoms with E-state index in [1.807, 2.05) is 47.4 Å². The molecule has 1 aliphatic heterocycles. The summed E-state index contributed by atoms with van der Waals surface area (Å²) in [5.74, 6) is 0.587. The van der Waals surface area contributed by atoms with E-state index < -0.39 is 5.54 Å². The standard InChI is InChI=1S/C27H31N3O3/c1-20(21-9-11-22(12-10-21)23-13-14-25(33-2)28-19-23)30-17-6-15-27(16-18-31,29-26(30)32)24-7-4-3-5-8-24/h3-5,7-14,19-20,31H,6,15-18H2,1-2H3,(H,29,32)/t20-,27-/m0/s1. The van der Waals surface area contributed by atoms with Gasteiger partial charge in [0.25, 0.3) is 0 Å². The molecule has 0 saturated carbocycles. The van der Waals surface area contributed by atoms with Gasteiger partial charge in [0.15, 0.2) is 0 Å². The number of methoxy groups -OCH3 is 1. The van der Waals surface area contributed by atoms with Crippen LogP contribution in [0.1, 0.15) is 43.4 Å². The molecule has 0 spiro atoms. The minimum Gasteiger partial charge on any atom is -0.481 e. The lowest BCUT2D eigenvalue weighted by Gasteiger charge is -2.35. The highest BCUT2D eigenvalue weighted by molar-refractivity contribution is 5.76. The number of hydrogen-bond acceptors (Lipinski definition) is 4. The Morgan fingerprint density at radius 3 is 2.45 bits per heavy atom. The molecule has 1 aromatic heterocycles. The van der Waals surface area contributed by atoms with Crippen molar-refractivity contribution in [1.82, 2.24) is 15.2 Å². The molecule has 0 radical (unpaired) electrons. The van der Waals surface area contributed by atoms with Crippen molar-refractivity contribution in [3.05, 3.63) is 84.1 Å². The molecule has 172 valence electrons. The van der Waals surface area contributed by atoms with Crippen LogP contribution in [0.3, 0.4) is 0 Å². The van der Waals surface area contributed by atoms with E-state index in [4.69, 9.17) is 4.74 Å². The quantitative estimate of drug-likeness (QED) is 0.542. The number of nitrogens with one attached hydrogen (secondary N) is 1. The Morgan fingerprint density at radius 2 is 1.82 bits per heavy atom. The molecule has 2 amide bonds. The zero-order valence-electron chi connectivity index (χ0n) is 19.2. The van der Waals surface area contributed by atoms with Crippen LogP contribution in [0, 0.1) is 0 Å². The number of rotatable bonds is 7. The summed E-state index contributed by atoms with van der Waals surface area (Å²) >= 11 is 0. The summed E-state index contributed by atoms with van der Waals surface area (Å²) in [6.45, 7) is 2.74. The van der Waals surface area contributed by atoms with E-state index in [2.05, 4.69) is 41.5 Å². The first-order valence-corrected chi connectivity index (χ1v) is 11.4. The summed E-state index contributed by atoms with van der Waals surface area (Å²) < 4.78 is 5.13. The fourth-order valence-electron chi connectivity index (χ4n) is 4.66. The topological polar surface area (TPSA) is 74.7 Å². The van der Waals surface area contributed by atoms with Gasteiger partial charge in [-0.1, -0.05) is 54.6 Å². The van der Waals surface area contributed by atoms with Gasteiger partial charge in [-0.3, -0.25) is 0 Å². The maximum atomic E-state index is 13.4. The van der Waals surface area contributed by atoms with Gasteiger partial charge >= 0.3 is 6.03 Å². The lowest BCUT2D eigenvalue weighted by Crippen LogP contribution is -2.49. The van der Waals surface area contributed by atoms with E-state index in [1.54, 1.807) is 13.3 Å². The highest BCUT2D eigenvalue weighted by Gasteiger charge is 2.38. The van der Waals surface area contributed by atoms with Crippen LogP contribution in [0.25, 0.3) is 11.1 Å². The lowest BCUT2D eigenvalue weighted by molar-refractivity contribution is 0.169. The fraction of sp³-hybridized carbons (Fsp3) is 0.333. The van der Waals surface area contributed by atoms with E-state index in [9.17, 15) is 9.90 Å². The Labute approximate surface area is 195 Å². The third-order valence-corrected chi connectivity index (χ3v) is 6.61. The van der Waals surface area contributed by atoms with E-state index in [1.165, 1.54) is 0 Å². The first-order valence-electron chi connectivity index (χ1n) is 11.4.